The molecular weight excluding hydrogens is 528 g/mol. The van der Waals surface area contributed by atoms with Gasteiger partial charge in [0.15, 0.2) is 0 Å². The quantitative estimate of drug-likeness (QED) is 0.0988. The third-order valence-corrected chi connectivity index (χ3v) is 3.02. The van der Waals surface area contributed by atoms with Gasteiger partial charge >= 0.3 is 63.4 Å². The van der Waals surface area contributed by atoms with Gasteiger partial charge in [0.05, 0.1) is 10.4 Å². The van der Waals surface area contributed by atoms with Crippen molar-refractivity contribution in [2.24, 2.45) is 0 Å². The number of unbranched alkanes of at least 4 members (excludes halogenated alkanes) is 1. The molecule has 0 aromatic heterocycles. The summed E-state index contributed by atoms with van der Waals surface area (Å²) in [5.74, 6) is 0.580. The molecule has 0 aliphatic rings. The summed E-state index contributed by atoms with van der Waals surface area (Å²) in [6.45, 7) is 4.54. The Morgan fingerprint density at radius 1 is 1.23 bits per heavy atom. The standard InChI is InChI=1S/C8H12INO2.C7H6O2.C6H8O2.K/c1-2-3-6-10-8(11)12-7-4-5-9;8-7(9)6-4-2-1-3-5-6;1-2-3-4-5-6(7)8;/h2-3,5-6H2,1H3,(H,10,11);1-5H,(H,8,9);2-5H,1H3,(H,7,8);/q;;;+1/p-1. The van der Waals surface area contributed by atoms with Crippen LogP contribution < -0.4 is 61.8 Å². The maximum Gasteiger partial charge on any atom is 1.00 e. The summed E-state index contributed by atoms with van der Waals surface area (Å²) in [5, 5.41) is 20.7. The van der Waals surface area contributed by atoms with Gasteiger partial charge in [0.1, 0.15) is 6.11 Å². The monoisotopic (exact) mass is 553 g/mol. The van der Waals surface area contributed by atoms with Gasteiger partial charge in [-0.15, -0.1) is 0 Å². The van der Waals surface area contributed by atoms with E-state index in [0.29, 0.717) is 11.0 Å². The summed E-state index contributed by atoms with van der Waals surface area (Å²) in [4.78, 5) is 30.6. The minimum absolute atomic E-state index is 0. The third-order valence-electron chi connectivity index (χ3n) is 2.63. The van der Waals surface area contributed by atoms with Crippen LogP contribution >= 0.6 is 22.6 Å². The number of aromatic carboxylic acids is 1. The molecule has 30 heavy (non-hydrogen) atoms. The van der Waals surface area contributed by atoms with Crippen LogP contribution in [0.5, 0.6) is 0 Å². The molecule has 1 rings (SSSR count). The van der Waals surface area contributed by atoms with Crippen LogP contribution in [0.1, 0.15) is 37.0 Å². The fourth-order valence-corrected chi connectivity index (χ4v) is 1.49. The predicted molar refractivity (Wildman–Crippen MR) is 118 cm³/mol. The number of rotatable bonds is 6. The smallest absolute Gasteiger partial charge is 0.545 e. The molecule has 158 valence electrons. The summed E-state index contributed by atoms with van der Waals surface area (Å²) in [7, 11) is 0. The van der Waals surface area contributed by atoms with Crippen LogP contribution in [0.3, 0.4) is 0 Å². The molecular formula is C21H25IKNO6. The van der Waals surface area contributed by atoms with Crippen LogP contribution in [0.15, 0.2) is 54.6 Å². The van der Waals surface area contributed by atoms with Gasteiger partial charge in [-0.3, -0.25) is 0 Å². The summed E-state index contributed by atoms with van der Waals surface area (Å²) in [5.41, 5.74) is 0.220. The Kier molecular flexibility index (Phi) is 28.9. The zero-order valence-corrected chi connectivity index (χ0v) is 22.7. The van der Waals surface area contributed by atoms with Gasteiger partial charge in [-0.2, -0.15) is 0 Å². The summed E-state index contributed by atoms with van der Waals surface area (Å²) in [6.07, 6.45) is 9.84. The number of carbonyl (C=O) groups excluding carboxylic acids is 2. The Morgan fingerprint density at radius 2 is 1.87 bits per heavy atom. The minimum Gasteiger partial charge on any atom is -0.545 e. The van der Waals surface area contributed by atoms with Crippen molar-refractivity contribution in [3.8, 4) is 12.0 Å². The second-order valence-corrected chi connectivity index (χ2v) is 5.72. The number of allylic oxidation sites excluding steroid dienone is 3. The second kappa shape index (κ2) is 25.9. The normalized spacial score (nSPS) is 8.90. The first-order valence-corrected chi connectivity index (χ1v) is 10.2. The number of carboxylic acids is 2. The molecule has 0 spiro atoms. The fourth-order valence-electron chi connectivity index (χ4n) is 1.34. The molecule has 1 aromatic rings. The molecule has 9 heteroatoms. The zero-order chi connectivity index (χ0) is 22.3. The first-order chi connectivity index (χ1) is 13.9. The maximum absolute atomic E-state index is 10.8. The number of ether oxygens (including phenoxy) is 1. The van der Waals surface area contributed by atoms with Crippen molar-refractivity contribution >= 4 is 40.6 Å². The summed E-state index contributed by atoms with van der Waals surface area (Å²) >= 11 is 2.08. The second-order valence-electron chi connectivity index (χ2n) is 4.96. The van der Waals surface area contributed by atoms with Crippen LogP contribution in [0.25, 0.3) is 0 Å². The number of hydrogen-bond acceptors (Lipinski definition) is 5. The van der Waals surface area contributed by atoms with E-state index in [9.17, 15) is 19.5 Å². The van der Waals surface area contributed by atoms with E-state index in [1.54, 1.807) is 30.4 Å². The third kappa shape index (κ3) is 26.8. The van der Waals surface area contributed by atoms with Crippen LogP contribution in [-0.2, 0) is 9.53 Å². The van der Waals surface area contributed by atoms with Gasteiger partial charge in [0.2, 0.25) is 0 Å². The van der Waals surface area contributed by atoms with Gasteiger partial charge in [-0.25, -0.2) is 9.59 Å². The number of alkyl halides is 1. The van der Waals surface area contributed by atoms with Crippen molar-refractivity contribution in [2.45, 2.75) is 26.7 Å². The van der Waals surface area contributed by atoms with Crippen LogP contribution in [0, 0.1) is 12.0 Å². The Bertz CT molecular complexity index is 711. The number of alkyl carbamates (subject to hydrolysis) is 1. The van der Waals surface area contributed by atoms with E-state index in [-0.39, 0.29) is 56.9 Å². The molecule has 0 bridgehead atoms. The number of carbonyl (C=O) groups is 3. The average molecular weight is 553 g/mol. The van der Waals surface area contributed by atoms with E-state index in [1.165, 1.54) is 18.2 Å². The van der Waals surface area contributed by atoms with Gasteiger partial charge in [-0.1, -0.05) is 84.5 Å². The number of halogens is 1. The number of amides is 1. The van der Waals surface area contributed by atoms with Crippen LogP contribution in [-0.4, -0.2) is 34.1 Å². The van der Waals surface area contributed by atoms with E-state index >= 15 is 0 Å². The fraction of sp³-hybridized carbons (Fsp3) is 0.286. The Labute approximate surface area is 233 Å². The SMILES string of the molecule is CC=CC=CC(=O)O.CCCCNC(=O)OC#CCI.O=C([O-])c1ccccc1.[K+]. The van der Waals surface area contributed by atoms with E-state index in [0.717, 1.165) is 18.9 Å². The molecule has 0 unspecified atom stereocenters. The largest absolute Gasteiger partial charge is 1.00 e. The Morgan fingerprint density at radius 3 is 2.30 bits per heavy atom. The van der Waals surface area contributed by atoms with Crippen LogP contribution in [0.2, 0.25) is 0 Å². The van der Waals surface area contributed by atoms with Crippen molar-refractivity contribution < 1.29 is 80.7 Å². The molecule has 0 fully saturated rings. The average Bonchev–Trinajstić information content (AvgIpc) is 2.70. The van der Waals surface area contributed by atoms with Crippen molar-refractivity contribution in [3.63, 3.8) is 0 Å². The summed E-state index contributed by atoms with van der Waals surface area (Å²) in [6, 6.07) is 8.06. The van der Waals surface area contributed by atoms with E-state index in [2.05, 4.69) is 51.6 Å². The van der Waals surface area contributed by atoms with Gasteiger partial charge in [0.25, 0.3) is 0 Å². The molecule has 0 saturated heterocycles. The molecule has 0 saturated carbocycles. The van der Waals surface area contributed by atoms with E-state index in [4.69, 9.17) is 5.11 Å². The predicted octanol–water partition coefficient (Wildman–Crippen LogP) is 0.166. The Balaban J connectivity index is -0.000000367. The van der Waals surface area contributed by atoms with Gasteiger partial charge < -0.3 is 25.1 Å². The first-order valence-electron chi connectivity index (χ1n) is 8.66. The molecule has 7 nitrogen and oxygen atoms in total. The number of nitrogens with one attached hydrogen (secondary N) is 1. The molecule has 1 aromatic carbocycles. The molecule has 0 radical (unpaired) electrons. The minimum atomic E-state index is -1.13. The van der Waals surface area contributed by atoms with Crippen molar-refractivity contribution in [1.29, 1.82) is 0 Å². The van der Waals surface area contributed by atoms with Crippen molar-refractivity contribution in [1.82, 2.24) is 5.32 Å². The number of hydrogen-bond donors (Lipinski definition) is 2. The van der Waals surface area contributed by atoms with E-state index in [1.807, 2.05) is 6.92 Å². The van der Waals surface area contributed by atoms with E-state index < -0.39 is 18.0 Å². The van der Waals surface area contributed by atoms with Gasteiger partial charge in [0, 0.05) is 12.6 Å². The first kappa shape index (κ1) is 33.5. The number of carboxylic acid groups (broad SMARTS) is 2. The molecule has 0 heterocycles. The van der Waals surface area contributed by atoms with Gasteiger partial charge in [-0.05, 0) is 24.8 Å². The Hall–Kier alpha value is -1.16. The topological polar surface area (TPSA) is 116 Å². The molecule has 0 aliphatic carbocycles. The number of aliphatic carboxylic acids is 1. The van der Waals surface area contributed by atoms with Crippen molar-refractivity contribution in [2.75, 3.05) is 11.0 Å². The summed E-state index contributed by atoms with van der Waals surface area (Å²) < 4.78 is 5.18. The zero-order valence-electron chi connectivity index (χ0n) is 17.4. The van der Waals surface area contributed by atoms with Crippen LogP contribution in [0.4, 0.5) is 4.79 Å². The molecule has 0 aliphatic heterocycles. The van der Waals surface area contributed by atoms with Crippen molar-refractivity contribution in [3.05, 3.63) is 60.2 Å². The number of benzene rings is 1. The molecule has 2 N–H and O–H groups in total. The molecule has 1 amide bonds. The molecule has 0 atom stereocenters. The maximum atomic E-state index is 10.8.